The van der Waals surface area contributed by atoms with Crippen molar-refractivity contribution in [2.75, 3.05) is 31.1 Å². The summed E-state index contributed by atoms with van der Waals surface area (Å²) >= 11 is 1.70. The summed E-state index contributed by atoms with van der Waals surface area (Å²) in [5.74, 6) is 0. The zero-order valence-electron chi connectivity index (χ0n) is 11.6. The molecule has 0 amide bonds. The highest BCUT2D eigenvalue weighted by molar-refractivity contribution is 7.24. The van der Waals surface area contributed by atoms with Crippen LogP contribution in [0, 0.1) is 0 Å². The Hall–Kier alpha value is -1.91. The normalized spacial score (nSPS) is 15.7. The Morgan fingerprint density at radius 1 is 0.952 bits per heavy atom. The van der Waals surface area contributed by atoms with Crippen LogP contribution in [0.2, 0.25) is 0 Å². The molecule has 1 aromatic heterocycles. The fraction of sp³-hybridized carbons (Fsp3) is 0.235. The fourth-order valence-corrected chi connectivity index (χ4v) is 4.01. The molecule has 1 aliphatic rings. The Bertz CT molecular complexity index is 865. The number of rotatable bonds is 1. The highest BCUT2D eigenvalue weighted by Gasteiger charge is 2.12. The molecular weight excluding hydrogens is 280 g/mol. The topological polar surface area (TPSA) is 32.3 Å². The third-order valence-electron chi connectivity index (χ3n) is 4.04. The van der Waals surface area contributed by atoms with Gasteiger partial charge in [-0.2, -0.15) is 0 Å². The molecule has 1 fully saturated rings. The van der Waals surface area contributed by atoms with Gasteiger partial charge < -0.3 is 10.2 Å². The number of hydrogen-bond donors (Lipinski definition) is 1. The average Bonchev–Trinajstić information content (AvgIpc) is 2.55. The minimum atomic E-state index is 0.145. The van der Waals surface area contributed by atoms with E-state index in [-0.39, 0.29) is 5.43 Å². The zero-order valence-corrected chi connectivity index (χ0v) is 12.5. The first-order valence-corrected chi connectivity index (χ1v) is 8.06. The van der Waals surface area contributed by atoms with Crippen molar-refractivity contribution in [2.45, 2.75) is 0 Å². The third-order valence-corrected chi connectivity index (χ3v) is 5.18. The van der Waals surface area contributed by atoms with Crippen molar-refractivity contribution >= 4 is 37.2 Å². The predicted octanol–water partition coefficient (Wildman–Crippen LogP) is 2.82. The van der Waals surface area contributed by atoms with Crippen LogP contribution >= 0.6 is 11.3 Å². The molecule has 106 valence electrons. The summed E-state index contributed by atoms with van der Waals surface area (Å²) in [6.07, 6.45) is 0. The van der Waals surface area contributed by atoms with E-state index in [0.717, 1.165) is 46.4 Å². The van der Waals surface area contributed by atoms with E-state index in [9.17, 15) is 4.79 Å². The third kappa shape index (κ3) is 2.20. The molecule has 0 aliphatic carbocycles. The summed E-state index contributed by atoms with van der Waals surface area (Å²) in [7, 11) is 0. The lowest BCUT2D eigenvalue weighted by atomic mass is 10.1. The summed E-state index contributed by atoms with van der Waals surface area (Å²) < 4.78 is 2.14. The summed E-state index contributed by atoms with van der Waals surface area (Å²) in [6.45, 7) is 4.08. The number of anilines is 1. The first kappa shape index (κ1) is 12.8. The van der Waals surface area contributed by atoms with Crippen LogP contribution in [0.3, 0.4) is 0 Å². The maximum absolute atomic E-state index is 12.6. The second kappa shape index (κ2) is 5.13. The van der Waals surface area contributed by atoms with Gasteiger partial charge >= 0.3 is 0 Å². The van der Waals surface area contributed by atoms with Crippen molar-refractivity contribution in [2.24, 2.45) is 0 Å². The predicted molar refractivity (Wildman–Crippen MR) is 90.7 cm³/mol. The van der Waals surface area contributed by atoms with Gasteiger partial charge in [-0.15, -0.1) is 11.3 Å². The smallest absolute Gasteiger partial charge is 0.195 e. The number of fused-ring (bicyclic) bond motifs is 2. The second-order valence-corrected chi connectivity index (χ2v) is 6.43. The van der Waals surface area contributed by atoms with Gasteiger partial charge in [-0.1, -0.05) is 12.1 Å². The molecule has 0 radical (unpaired) electrons. The van der Waals surface area contributed by atoms with E-state index < -0.39 is 0 Å². The van der Waals surface area contributed by atoms with Crippen LogP contribution in [0.1, 0.15) is 0 Å². The van der Waals surface area contributed by atoms with Gasteiger partial charge in [0, 0.05) is 52.0 Å². The van der Waals surface area contributed by atoms with Gasteiger partial charge in [-0.25, -0.2) is 0 Å². The van der Waals surface area contributed by atoms with Gasteiger partial charge in [-0.3, -0.25) is 4.79 Å². The Labute approximate surface area is 126 Å². The summed E-state index contributed by atoms with van der Waals surface area (Å²) in [5, 5.41) is 5.02. The van der Waals surface area contributed by atoms with E-state index in [1.54, 1.807) is 11.3 Å². The molecular formula is C17H16N2OS. The average molecular weight is 296 g/mol. The van der Waals surface area contributed by atoms with Crippen LogP contribution in [0.15, 0.2) is 47.3 Å². The molecule has 4 heteroatoms. The van der Waals surface area contributed by atoms with Gasteiger partial charge in [0.15, 0.2) is 5.43 Å². The number of benzene rings is 2. The zero-order chi connectivity index (χ0) is 14.2. The van der Waals surface area contributed by atoms with E-state index in [4.69, 9.17) is 0 Å². The lowest BCUT2D eigenvalue weighted by molar-refractivity contribution is 0.589. The van der Waals surface area contributed by atoms with Crippen molar-refractivity contribution < 1.29 is 0 Å². The molecule has 3 aromatic rings. The molecule has 2 heterocycles. The number of nitrogens with one attached hydrogen (secondary N) is 1. The van der Waals surface area contributed by atoms with E-state index in [0.29, 0.717) is 0 Å². The number of hydrogen-bond acceptors (Lipinski definition) is 4. The van der Waals surface area contributed by atoms with Gasteiger partial charge in [0.1, 0.15) is 0 Å². The summed E-state index contributed by atoms with van der Waals surface area (Å²) in [5.41, 5.74) is 1.36. The molecule has 0 bridgehead atoms. The lowest BCUT2D eigenvalue weighted by Gasteiger charge is -2.29. The number of piperazine rings is 1. The lowest BCUT2D eigenvalue weighted by Crippen LogP contribution is -2.43. The quantitative estimate of drug-likeness (QED) is 0.701. The molecule has 2 aromatic carbocycles. The minimum absolute atomic E-state index is 0.145. The molecule has 1 saturated heterocycles. The maximum Gasteiger partial charge on any atom is 0.195 e. The van der Waals surface area contributed by atoms with Crippen molar-refractivity contribution in [3.63, 3.8) is 0 Å². The molecule has 1 N–H and O–H groups in total. The molecule has 1 aliphatic heterocycles. The summed E-state index contributed by atoms with van der Waals surface area (Å²) in [6, 6.07) is 14.1. The fourth-order valence-electron chi connectivity index (χ4n) is 2.91. The van der Waals surface area contributed by atoms with E-state index >= 15 is 0 Å². The molecule has 0 spiro atoms. The molecule has 0 saturated carbocycles. The molecule has 0 atom stereocenters. The Morgan fingerprint density at radius 2 is 1.71 bits per heavy atom. The largest absolute Gasteiger partial charge is 0.369 e. The second-order valence-electron chi connectivity index (χ2n) is 5.34. The summed E-state index contributed by atoms with van der Waals surface area (Å²) in [4.78, 5) is 14.9. The van der Waals surface area contributed by atoms with Crippen molar-refractivity contribution in [1.29, 1.82) is 0 Å². The molecule has 4 rings (SSSR count). The van der Waals surface area contributed by atoms with Crippen LogP contribution in [-0.2, 0) is 0 Å². The van der Waals surface area contributed by atoms with Gasteiger partial charge in [0.05, 0.1) is 0 Å². The van der Waals surface area contributed by atoms with Crippen LogP contribution in [0.25, 0.3) is 20.2 Å². The first-order chi connectivity index (χ1) is 10.3. The number of nitrogens with zero attached hydrogens (tertiary/aromatic N) is 1. The van der Waals surface area contributed by atoms with Crippen molar-refractivity contribution in [1.82, 2.24) is 5.32 Å². The highest BCUT2D eigenvalue weighted by Crippen LogP contribution is 2.28. The first-order valence-electron chi connectivity index (χ1n) is 7.24. The van der Waals surface area contributed by atoms with Gasteiger partial charge in [0.2, 0.25) is 0 Å². The Morgan fingerprint density at radius 3 is 2.57 bits per heavy atom. The van der Waals surface area contributed by atoms with E-state index in [1.807, 2.05) is 30.3 Å². The van der Waals surface area contributed by atoms with Crippen molar-refractivity contribution in [3.8, 4) is 0 Å². The highest BCUT2D eigenvalue weighted by atomic mass is 32.1. The molecule has 3 nitrogen and oxygen atoms in total. The van der Waals surface area contributed by atoms with Crippen molar-refractivity contribution in [3.05, 3.63) is 52.7 Å². The van der Waals surface area contributed by atoms with Crippen LogP contribution in [0.4, 0.5) is 5.69 Å². The molecule has 21 heavy (non-hydrogen) atoms. The minimum Gasteiger partial charge on any atom is -0.369 e. The van der Waals surface area contributed by atoms with Crippen LogP contribution < -0.4 is 15.6 Å². The van der Waals surface area contributed by atoms with Gasteiger partial charge in [0.25, 0.3) is 0 Å². The van der Waals surface area contributed by atoms with Crippen LogP contribution in [0.5, 0.6) is 0 Å². The SMILES string of the molecule is O=c1c2ccccc2sc2cc(N3CCNCC3)ccc12. The van der Waals surface area contributed by atoms with Gasteiger partial charge in [-0.05, 0) is 30.3 Å². The molecule has 0 unspecified atom stereocenters. The standard InChI is InChI=1S/C17H16N2OS/c20-17-13-3-1-2-4-15(13)21-16-11-12(5-6-14(16)17)19-9-7-18-8-10-19/h1-6,11,18H,7-10H2. The monoisotopic (exact) mass is 296 g/mol. The van der Waals surface area contributed by atoms with E-state index in [2.05, 4.69) is 22.3 Å². The Kier molecular flexibility index (Phi) is 3.13. The van der Waals surface area contributed by atoms with Crippen LogP contribution in [-0.4, -0.2) is 26.2 Å². The van der Waals surface area contributed by atoms with E-state index in [1.165, 1.54) is 5.69 Å². The Balaban J connectivity index is 1.91. The maximum atomic E-state index is 12.6.